The lowest BCUT2D eigenvalue weighted by atomic mass is 9.98. The van der Waals surface area contributed by atoms with E-state index in [2.05, 4.69) is 62.9 Å². The molecule has 0 aromatic heterocycles. The van der Waals surface area contributed by atoms with Crippen LogP contribution in [0.3, 0.4) is 0 Å². The van der Waals surface area contributed by atoms with E-state index in [1.807, 2.05) is 24.3 Å². The van der Waals surface area contributed by atoms with Crippen LogP contribution in [-0.4, -0.2) is 6.54 Å². The molecule has 0 saturated carbocycles. The van der Waals surface area contributed by atoms with Crippen molar-refractivity contribution in [3.63, 3.8) is 0 Å². The first-order valence-corrected chi connectivity index (χ1v) is 8.43. The fourth-order valence-corrected chi connectivity index (χ4v) is 2.84. The Morgan fingerprint density at radius 3 is 2.55 bits per heavy atom. The fraction of sp³-hybridized carbons (Fsp3) is 0.250. The van der Waals surface area contributed by atoms with Crippen molar-refractivity contribution in [2.45, 2.75) is 19.4 Å². The highest BCUT2D eigenvalue weighted by molar-refractivity contribution is 14.1. The lowest BCUT2D eigenvalue weighted by Crippen LogP contribution is -2.24. The van der Waals surface area contributed by atoms with Gasteiger partial charge in [-0.15, -0.1) is 0 Å². The topological polar surface area (TPSA) is 12.0 Å². The normalized spacial score (nSPS) is 12.4. The Morgan fingerprint density at radius 2 is 1.90 bits per heavy atom. The van der Waals surface area contributed by atoms with E-state index in [1.54, 1.807) is 6.07 Å². The number of hydrogen-bond acceptors (Lipinski definition) is 1. The molecule has 0 aliphatic heterocycles. The van der Waals surface area contributed by atoms with E-state index >= 15 is 0 Å². The number of hydrogen-bond donors (Lipinski definition) is 1. The van der Waals surface area contributed by atoms with Crippen LogP contribution >= 0.6 is 38.5 Å². The van der Waals surface area contributed by atoms with Crippen LogP contribution in [0, 0.1) is 9.39 Å². The van der Waals surface area contributed by atoms with Gasteiger partial charge in [-0.1, -0.05) is 31.2 Å². The molecule has 0 fully saturated rings. The molecular weight excluding hydrogens is 432 g/mol. The zero-order valence-electron chi connectivity index (χ0n) is 11.2. The number of halogens is 3. The van der Waals surface area contributed by atoms with Crippen molar-refractivity contribution in [1.82, 2.24) is 5.32 Å². The number of benzene rings is 2. The van der Waals surface area contributed by atoms with Crippen molar-refractivity contribution in [2.75, 3.05) is 6.54 Å². The van der Waals surface area contributed by atoms with Gasteiger partial charge in [0.15, 0.2) is 0 Å². The molecule has 0 amide bonds. The molecule has 4 heteroatoms. The zero-order valence-corrected chi connectivity index (χ0v) is 14.9. The second kappa shape index (κ2) is 7.52. The van der Waals surface area contributed by atoms with Gasteiger partial charge < -0.3 is 5.32 Å². The molecule has 106 valence electrons. The molecule has 0 spiro atoms. The molecule has 0 heterocycles. The van der Waals surface area contributed by atoms with Crippen molar-refractivity contribution in [3.8, 4) is 0 Å². The van der Waals surface area contributed by atoms with E-state index in [0.717, 1.165) is 18.5 Å². The second-order valence-electron chi connectivity index (χ2n) is 4.58. The summed E-state index contributed by atoms with van der Waals surface area (Å²) in [6, 6.07) is 13.5. The van der Waals surface area contributed by atoms with Gasteiger partial charge in [-0.05, 0) is 75.2 Å². The van der Waals surface area contributed by atoms with E-state index in [1.165, 1.54) is 3.57 Å². The molecule has 2 aromatic rings. The molecule has 1 nitrogen and oxygen atoms in total. The molecule has 2 rings (SSSR count). The molecule has 1 atom stereocenters. The number of nitrogens with one attached hydrogen (secondary N) is 1. The smallest absolute Gasteiger partial charge is 0.142 e. The van der Waals surface area contributed by atoms with Gasteiger partial charge in [-0.3, -0.25) is 0 Å². The van der Waals surface area contributed by atoms with E-state index in [0.29, 0.717) is 10.0 Å². The van der Waals surface area contributed by atoms with Crippen molar-refractivity contribution in [2.24, 2.45) is 0 Å². The van der Waals surface area contributed by atoms with Gasteiger partial charge in [-0.2, -0.15) is 0 Å². The van der Waals surface area contributed by atoms with Crippen LogP contribution in [0.5, 0.6) is 0 Å². The SMILES string of the molecule is CCCNC(c1ccc(I)cc1)c1cccc(Br)c1F. The minimum atomic E-state index is -0.195. The highest BCUT2D eigenvalue weighted by atomic mass is 127. The predicted molar refractivity (Wildman–Crippen MR) is 93.4 cm³/mol. The molecule has 0 aliphatic carbocycles. The Balaban J connectivity index is 2.41. The Labute approximate surface area is 141 Å². The third-order valence-corrected chi connectivity index (χ3v) is 4.43. The standard InChI is InChI=1S/C16H16BrFIN/c1-2-10-20-16(11-6-8-12(19)9-7-11)13-4-3-5-14(17)15(13)18/h3-9,16,20H,2,10H2,1H3. The fourth-order valence-electron chi connectivity index (χ4n) is 2.09. The highest BCUT2D eigenvalue weighted by Gasteiger charge is 2.18. The van der Waals surface area contributed by atoms with Crippen molar-refractivity contribution in [1.29, 1.82) is 0 Å². The van der Waals surface area contributed by atoms with Crippen LogP contribution < -0.4 is 5.32 Å². The summed E-state index contributed by atoms with van der Waals surface area (Å²) in [6.07, 6.45) is 1.01. The highest BCUT2D eigenvalue weighted by Crippen LogP contribution is 2.28. The second-order valence-corrected chi connectivity index (χ2v) is 6.68. The first-order chi connectivity index (χ1) is 9.63. The maximum absolute atomic E-state index is 14.4. The van der Waals surface area contributed by atoms with Gasteiger partial charge >= 0.3 is 0 Å². The average Bonchev–Trinajstić information content (AvgIpc) is 2.45. The number of rotatable bonds is 5. The Morgan fingerprint density at radius 1 is 1.20 bits per heavy atom. The zero-order chi connectivity index (χ0) is 14.5. The summed E-state index contributed by atoms with van der Waals surface area (Å²) in [6.45, 7) is 2.96. The van der Waals surface area contributed by atoms with Crippen molar-refractivity contribution < 1.29 is 4.39 Å². The largest absolute Gasteiger partial charge is 0.306 e. The maximum Gasteiger partial charge on any atom is 0.142 e. The molecule has 0 radical (unpaired) electrons. The monoisotopic (exact) mass is 447 g/mol. The van der Waals surface area contributed by atoms with Gasteiger partial charge in [0.2, 0.25) is 0 Å². The van der Waals surface area contributed by atoms with E-state index in [4.69, 9.17) is 0 Å². The minimum absolute atomic E-state index is 0.121. The molecule has 2 aromatic carbocycles. The summed E-state index contributed by atoms with van der Waals surface area (Å²) < 4.78 is 16.0. The first-order valence-electron chi connectivity index (χ1n) is 6.56. The lowest BCUT2D eigenvalue weighted by molar-refractivity contribution is 0.543. The molecule has 1 N–H and O–H groups in total. The van der Waals surface area contributed by atoms with Gasteiger partial charge in [0, 0.05) is 9.13 Å². The molecule has 20 heavy (non-hydrogen) atoms. The van der Waals surface area contributed by atoms with Crippen molar-refractivity contribution in [3.05, 3.63) is 67.5 Å². The van der Waals surface area contributed by atoms with Crippen LogP contribution in [0.2, 0.25) is 0 Å². The van der Waals surface area contributed by atoms with Crippen LogP contribution in [-0.2, 0) is 0 Å². The molecule has 0 saturated heterocycles. The van der Waals surface area contributed by atoms with Gasteiger partial charge in [0.1, 0.15) is 5.82 Å². The first kappa shape index (κ1) is 15.9. The third kappa shape index (κ3) is 3.80. The summed E-state index contributed by atoms with van der Waals surface area (Å²) in [5.41, 5.74) is 1.75. The van der Waals surface area contributed by atoms with Gasteiger partial charge in [-0.25, -0.2) is 4.39 Å². The summed E-state index contributed by atoms with van der Waals surface area (Å²) in [5.74, 6) is -0.195. The molecule has 1 unspecified atom stereocenters. The maximum atomic E-state index is 14.4. The van der Waals surface area contributed by atoms with E-state index in [-0.39, 0.29) is 11.9 Å². The minimum Gasteiger partial charge on any atom is -0.306 e. The summed E-state index contributed by atoms with van der Waals surface area (Å²) in [4.78, 5) is 0. The summed E-state index contributed by atoms with van der Waals surface area (Å²) in [5, 5.41) is 3.43. The van der Waals surface area contributed by atoms with Gasteiger partial charge in [0.05, 0.1) is 10.5 Å². The van der Waals surface area contributed by atoms with Gasteiger partial charge in [0.25, 0.3) is 0 Å². The summed E-state index contributed by atoms with van der Waals surface area (Å²) in [7, 11) is 0. The molecular formula is C16H16BrFIN. The van der Waals surface area contributed by atoms with Crippen LogP contribution in [0.15, 0.2) is 46.9 Å². The third-order valence-electron chi connectivity index (χ3n) is 3.09. The molecule has 0 aliphatic rings. The Kier molecular flexibility index (Phi) is 5.99. The van der Waals surface area contributed by atoms with Crippen LogP contribution in [0.1, 0.15) is 30.5 Å². The van der Waals surface area contributed by atoms with E-state index in [9.17, 15) is 4.39 Å². The van der Waals surface area contributed by atoms with E-state index < -0.39 is 0 Å². The van der Waals surface area contributed by atoms with Crippen molar-refractivity contribution >= 4 is 38.5 Å². The molecule has 0 bridgehead atoms. The quantitative estimate of drug-likeness (QED) is 0.614. The summed E-state index contributed by atoms with van der Waals surface area (Å²) >= 11 is 5.54. The average molecular weight is 448 g/mol. The van der Waals surface area contributed by atoms with Crippen LogP contribution in [0.25, 0.3) is 0 Å². The Bertz CT molecular complexity index is 571. The predicted octanol–water partition coefficient (Wildman–Crippen LogP) is 5.28. The Hall–Kier alpha value is -0.460. The lowest BCUT2D eigenvalue weighted by Gasteiger charge is -2.20. The van der Waals surface area contributed by atoms with Crippen LogP contribution in [0.4, 0.5) is 4.39 Å².